The first-order valence-electron chi connectivity index (χ1n) is 13.1. The normalized spacial score (nSPS) is 17.1. The average Bonchev–Trinajstić information content (AvgIpc) is 3.09. The molecule has 0 saturated carbocycles. The predicted octanol–water partition coefficient (Wildman–Crippen LogP) is 4.77. The summed E-state index contributed by atoms with van der Waals surface area (Å²) in [5.41, 5.74) is 1.48. The quantitative estimate of drug-likeness (QED) is 0.239. The molecule has 3 heterocycles. The van der Waals surface area contributed by atoms with E-state index in [1.54, 1.807) is 60.5 Å². The van der Waals surface area contributed by atoms with Crippen molar-refractivity contribution in [2.75, 3.05) is 39.9 Å². The average molecular weight is 621 g/mol. The molecule has 3 aromatic rings. The summed E-state index contributed by atoms with van der Waals surface area (Å²) in [5, 5.41) is 2.09. The number of carbonyl (C=O) groups excluding carboxylic acids is 1. The number of carbonyl (C=O) groups is 1. The van der Waals surface area contributed by atoms with E-state index in [1.165, 1.54) is 16.9 Å². The number of hydrogen-bond acceptors (Lipinski definition) is 5. The Morgan fingerprint density at radius 2 is 1.83 bits per heavy atom. The van der Waals surface area contributed by atoms with Gasteiger partial charge in [0.2, 0.25) is 11.2 Å². The van der Waals surface area contributed by atoms with Gasteiger partial charge < -0.3 is 9.64 Å². The molecular weight excluding hydrogens is 591 g/mol. The van der Waals surface area contributed by atoms with Crippen molar-refractivity contribution in [2.24, 2.45) is 0 Å². The number of hydrogen-bond donors (Lipinski definition) is 0. The Bertz CT molecular complexity index is 1640. The van der Waals surface area contributed by atoms with Crippen LogP contribution in [0.5, 0.6) is 5.75 Å². The number of benzene rings is 2. The molecule has 0 N–H and O–H groups in total. The van der Waals surface area contributed by atoms with Crippen molar-refractivity contribution in [1.29, 1.82) is 0 Å². The largest absolute Gasteiger partial charge is 0.451 e. The number of aromatic nitrogens is 1. The predicted molar refractivity (Wildman–Crippen MR) is 156 cm³/mol. The highest BCUT2D eigenvalue weighted by molar-refractivity contribution is 7.98. The molecule has 1 amide bonds. The highest BCUT2D eigenvalue weighted by Gasteiger charge is 2.48. The van der Waals surface area contributed by atoms with Crippen LogP contribution in [0.2, 0.25) is 5.02 Å². The number of alkyl halides is 3. The minimum absolute atomic E-state index is 0.214. The Balaban J connectivity index is 1.82. The molecule has 0 unspecified atom stereocenters. The van der Waals surface area contributed by atoms with E-state index < -0.39 is 36.3 Å². The second-order valence-corrected chi connectivity index (χ2v) is 11.9. The van der Waals surface area contributed by atoms with Crippen molar-refractivity contribution >= 4 is 35.3 Å². The molecule has 2 aliphatic rings. The lowest BCUT2D eigenvalue weighted by molar-refractivity contribution is -0.478. The number of nitrogens with zero attached hydrogens (tertiary/aromatic N) is 5. The summed E-state index contributed by atoms with van der Waals surface area (Å²) in [6, 6.07) is 11.7. The van der Waals surface area contributed by atoms with Crippen molar-refractivity contribution in [3.05, 3.63) is 92.4 Å². The summed E-state index contributed by atoms with van der Waals surface area (Å²) < 4.78 is 51.7. The van der Waals surface area contributed by atoms with E-state index in [1.807, 2.05) is 36.4 Å². The van der Waals surface area contributed by atoms with Crippen LogP contribution in [-0.4, -0.2) is 78.1 Å². The Morgan fingerprint density at radius 1 is 1.12 bits per heavy atom. The summed E-state index contributed by atoms with van der Waals surface area (Å²) in [6.45, 7) is 0.503. The number of halogens is 4. The van der Waals surface area contributed by atoms with Gasteiger partial charge in [0, 0.05) is 33.5 Å². The van der Waals surface area contributed by atoms with E-state index in [-0.39, 0.29) is 17.5 Å². The Morgan fingerprint density at radius 3 is 2.50 bits per heavy atom. The third kappa shape index (κ3) is 5.22. The van der Waals surface area contributed by atoms with Gasteiger partial charge in [-0.2, -0.15) is 13.2 Å². The molecule has 0 spiro atoms. The minimum atomic E-state index is -4.73. The molecule has 0 aliphatic carbocycles. The number of thioether (sulfide) groups is 1. The molecule has 0 bridgehead atoms. The zero-order valence-electron chi connectivity index (χ0n) is 23.6. The van der Waals surface area contributed by atoms with Gasteiger partial charge in [0.05, 0.1) is 28.2 Å². The maximum absolute atomic E-state index is 14.2. The van der Waals surface area contributed by atoms with Crippen molar-refractivity contribution < 1.29 is 27.3 Å². The van der Waals surface area contributed by atoms with Gasteiger partial charge in [-0.3, -0.25) is 19.3 Å². The molecule has 2 atom stereocenters. The van der Waals surface area contributed by atoms with E-state index in [4.69, 9.17) is 16.3 Å². The van der Waals surface area contributed by atoms with Gasteiger partial charge in [0.25, 0.3) is 5.91 Å². The first-order chi connectivity index (χ1) is 19.8. The molecule has 13 heteroatoms. The zero-order valence-corrected chi connectivity index (χ0v) is 25.2. The lowest BCUT2D eigenvalue weighted by Gasteiger charge is -2.46. The number of amides is 1. The molecule has 8 nitrogen and oxygen atoms in total. The molecule has 0 saturated heterocycles. The van der Waals surface area contributed by atoms with Crippen LogP contribution < -0.4 is 15.2 Å². The fourth-order valence-corrected chi connectivity index (χ4v) is 6.65. The molecule has 0 fully saturated rings. The highest BCUT2D eigenvalue weighted by atomic mass is 35.5. The molecule has 5 rings (SSSR count). The molecule has 2 aliphatic heterocycles. The zero-order chi connectivity index (χ0) is 30.5. The van der Waals surface area contributed by atoms with Crippen molar-refractivity contribution in [1.82, 2.24) is 14.5 Å². The van der Waals surface area contributed by atoms with Gasteiger partial charge in [-0.1, -0.05) is 41.9 Å². The molecule has 42 heavy (non-hydrogen) atoms. The van der Waals surface area contributed by atoms with E-state index in [9.17, 15) is 22.8 Å². The second-order valence-electron chi connectivity index (χ2n) is 10.5. The van der Waals surface area contributed by atoms with Crippen LogP contribution in [0.4, 0.5) is 13.2 Å². The Labute approximate surface area is 250 Å². The third-order valence-corrected chi connectivity index (χ3v) is 8.75. The van der Waals surface area contributed by atoms with Crippen LogP contribution in [0, 0.1) is 0 Å². The summed E-state index contributed by atoms with van der Waals surface area (Å²) in [6.07, 6.45) is -3.32. The molecule has 0 radical (unpaired) electrons. The Kier molecular flexibility index (Phi) is 7.97. The van der Waals surface area contributed by atoms with Crippen LogP contribution in [0.3, 0.4) is 0 Å². The van der Waals surface area contributed by atoms with Crippen molar-refractivity contribution in [2.45, 2.75) is 35.8 Å². The van der Waals surface area contributed by atoms with Gasteiger partial charge in [-0.25, -0.2) is 9.48 Å². The van der Waals surface area contributed by atoms with Crippen LogP contribution in [0.1, 0.15) is 40.1 Å². The van der Waals surface area contributed by atoms with Gasteiger partial charge in [0.15, 0.2) is 5.69 Å². The number of amidine groups is 1. The number of fused-ring (bicyclic) bond motifs is 3. The second kappa shape index (κ2) is 11.2. The summed E-state index contributed by atoms with van der Waals surface area (Å²) >= 11 is 8.42. The van der Waals surface area contributed by atoms with E-state index in [0.29, 0.717) is 16.3 Å². The van der Waals surface area contributed by atoms with Gasteiger partial charge in [0.1, 0.15) is 18.8 Å². The van der Waals surface area contributed by atoms with Crippen LogP contribution >= 0.6 is 23.4 Å². The van der Waals surface area contributed by atoms with E-state index in [2.05, 4.69) is 0 Å². The lowest BCUT2D eigenvalue weighted by atomic mass is 9.94. The van der Waals surface area contributed by atoms with Gasteiger partial charge >= 0.3 is 12.2 Å². The number of pyridine rings is 1. The first-order valence-corrected chi connectivity index (χ1v) is 14.5. The number of ether oxygens (including phenoxy) is 1. The summed E-state index contributed by atoms with van der Waals surface area (Å²) in [7, 11) is 6.75. The smallest absolute Gasteiger partial charge is 0.386 e. The van der Waals surface area contributed by atoms with Gasteiger partial charge in [-0.15, -0.1) is 11.8 Å². The summed E-state index contributed by atoms with van der Waals surface area (Å²) in [4.78, 5) is 30.5. The van der Waals surface area contributed by atoms with Crippen molar-refractivity contribution in [3.8, 4) is 5.75 Å². The number of rotatable bonds is 3. The third-order valence-electron chi connectivity index (χ3n) is 7.28. The van der Waals surface area contributed by atoms with Gasteiger partial charge in [-0.05, 0) is 30.2 Å². The Hall–Kier alpha value is -3.64. The van der Waals surface area contributed by atoms with Crippen LogP contribution in [0.25, 0.3) is 0 Å². The minimum Gasteiger partial charge on any atom is -0.386 e. The molecule has 2 aromatic carbocycles. The van der Waals surface area contributed by atoms with E-state index in [0.717, 1.165) is 27.8 Å². The SMILES string of the molecule is C[C@@H](N1CN([C@@H]2c3ccccc3SCc3cccc(Cl)c32)n2ccc(=O)c(OC(N(C)C)=[N+](C)C)c2C1=O)C(F)(F)F. The fraction of sp³-hybridized carbons (Fsp3) is 0.345. The first kappa shape index (κ1) is 29.8. The molecule has 222 valence electrons. The lowest BCUT2D eigenvalue weighted by Crippen LogP contribution is -2.60. The molecule has 1 aromatic heterocycles. The van der Waals surface area contributed by atoms with Crippen LogP contribution in [0.15, 0.2) is 64.4 Å². The fourth-order valence-electron chi connectivity index (χ4n) is 5.27. The van der Waals surface area contributed by atoms with Crippen LogP contribution in [-0.2, 0) is 5.75 Å². The highest BCUT2D eigenvalue weighted by Crippen LogP contribution is 2.45. The molecular formula is C29H30ClF3N5O3S+. The topological polar surface area (TPSA) is 61.0 Å². The maximum atomic E-state index is 14.2. The maximum Gasteiger partial charge on any atom is 0.451 e. The monoisotopic (exact) mass is 620 g/mol. The standard InChI is InChI=1S/C29H30ClF3N5O3S/c1-17(29(31,32)33)36-16-38(24-19-10-6-7-12-22(19)42-15-18-9-8-11-20(30)23(18)24)37-14-13-21(39)26(25(37)27(36)40)41-28(34(2)3)35(4)5/h6-14,17,24H,15-16H2,1-5H3/q+1/t17-,24-/m1/s1. The van der Waals surface area contributed by atoms with E-state index >= 15 is 0 Å². The summed E-state index contributed by atoms with van der Waals surface area (Å²) in [5.74, 6) is -0.759. The van der Waals surface area contributed by atoms with Crippen molar-refractivity contribution in [3.63, 3.8) is 0 Å².